The third-order valence-corrected chi connectivity index (χ3v) is 9.44. The van der Waals surface area contributed by atoms with Gasteiger partial charge in [0.25, 0.3) is 17.7 Å². The van der Waals surface area contributed by atoms with Crippen molar-refractivity contribution in [2.24, 2.45) is 5.16 Å². The van der Waals surface area contributed by atoms with E-state index in [9.17, 15) is 24.3 Å². The molecule has 5 heterocycles. The summed E-state index contributed by atoms with van der Waals surface area (Å²) in [7, 11) is 0. The van der Waals surface area contributed by atoms with E-state index >= 15 is 0 Å². The van der Waals surface area contributed by atoms with Gasteiger partial charge < -0.3 is 21.0 Å². The fourth-order valence-corrected chi connectivity index (χ4v) is 7.23. The van der Waals surface area contributed by atoms with Crippen molar-refractivity contribution >= 4 is 63.5 Å². The number of thioether (sulfide) groups is 1. The summed E-state index contributed by atoms with van der Waals surface area (Å²) in [5, 5.41) is 18.0. The number of carbonyl (C=O) groups excluding carboxylic acids is 3. The fraction of sp³-hybridized carbons (Fsp3) is 0.370. The summed E-state index contributed by atoms with van der Waals surface area (Å²) >= 11 is 2.45. The number of β-lactam (4-membered cyclic amide) rings is 1. The number of nitrogens with two attached hydrogens (primary N) is 1. The van der Waals surface area contributed by atoms with Crippen molar-refractivity contribution in [2.45, 2.75) is 49.6 Å². The normalized spacial score (nSPS) is 23.8. The first-order valence-electron chi connectivity index (χ1n) is 13.4. The maximum atomic E-state index is 13.3. The maximum Gasteiger partial charge on any atom is 0.352 e. The van der Waals surface area contributed by atoms with Gasteiger partial charge in [-0.05, 0) is 55.9 Å². The number of carbonyl (C=O) groups is 4. The van der Waals surface area contributed by atoms with E-state index in [1.807, 2.05) is 0 Å². The number of hydrogen-bond donors (Lipinski definition) is 3. The Morgan fingerprint density at radius 2 is 2.05 bits per heavy atom. The van der Waals surface area contributed by atoms with Gasteiger partial charge in [-0.25, -0.2) is 14.8 Å². The highest BCUT2D eigenvalue weighted by molar-refractivity contribution is 8.00. The number of pyridine rings is 1. The van der Waals surface area contributed by atoms with Gasteiger partial charge in [-0.2, -0.15) is 0 Å². The number of carboxylic acid groups (broad SMARTS) is 1. The number of anilines is 2. The summed E-state index contributed by atoms with van der Waals surface area (Å²) in [4.78, 5) is 68.6. The van der Waals surface area contributed by atoms with E-state index < -0.39 is 29.2 Å². The van der Waals surface area contributed by atoms with E-state index in [1.165, 1.54) is 16.7 Å². The lowest BCUT2D eigenvalue weighted by Crippen LogP contribution is -2.71. The number of oxime groups is 1. The number of fused-ring (bicyclic) bond motifs is 1. The van der Waals surface area contributed by atoms with Crippen molar-refractivity contribution in [3.05, 3.63) is 58.4 Å². The Kier molecular flexibility index (Phi) is 7.68. The molecule has 0 unspecified atom stereocenters. The van der Waals surface area contributed by atoms with E-state index in [0.29, 0.717) is 29.9 Å². The number of allylic oxidation sites excluding steroid dienone is 1. The highest BCUT2D eigenvalue weighted by Crippen LogP contribution is 2.41. The molecule has 0 aromatic carbocycles. The molecule has 218 valence electrons. The molecule has 0 spiro atoms. The molecule has 4 aliphatic rings. The number of rotatable bonds is 8. The molecule has 2 aromatic heterocycles. The molecule has 0 radical (unpaired) electrons. The number of nitrogen functional groups attached to an aromatic ring is 1. The van der Waals surface area contributed by atoms with Gasteiger partial charge >= 0.3 is 5.97 Å². The third kappa shape index (κ3) is 5.25. The maximum absolute atomic E-state index is 13.3. The monoisotopic (exact) mass is 609 g/mol. The second kappa shape index (κ2) is 11.6. The third-order valence-electron chi connectivity index (χ3n) is 7.46. The first-order chi connectivity index (χ1) is 20.3. The molecule has 0 bridgehead atoms. The summed E-state index contributed by atoms with van der Waals surface area (Å²) in [6.07, 6.45) is 7.19. The molecule has 2 saturated heterocycles. The Morgan fingerprint density at radius 3 is 2.74 bits per heavy atom. The van der Waals surface area contributed by atoms with Crippen LogP contribution in [0.3, 0.4) is 0 Å². The quantitative estimate of drug-likeness (QED) is 0.173. The van der Waals surface area contributed by atoms with Crippen LogP contribution in [0, 0.1) is 0 Å². The van der Waals surface area contributed by atoms with Crippen molar-refractivity contribution in [1.29, 1.82) is 0 Å². The van der Waals surface area contributed by atoms with Gasteiger partial charge in [0.15, 0.2) is 10.8 Å². The van der Waals surface area contributed by atoms with Crippen LogP contribution in [0.4, 0.5) is 10.9 Å². The Balaban J connectivity index is 1.20. The number of aliphatic carboxylic acids is 1. The zero-order chi connectivity index (χ0) is 29.4. The summed E-state index contributed by atoms with van der Waals surface area (Å²) < 4.78 is 0. The lowest BCUT2D eigenvalue weighted by atomic mass is 10.0. The zero-order valence-corrected chi connectivity index (χ0v) is 23.9. The van der Waals surface area contributed by atoms with Gasteiger partial charge in [0.05, 0.1) is 0 Å². The molecule has 6 rings (SSSR count). The van der Waals surface area contributed by atoms with E-state index in [1.54, 1.807) is 35.9 Å². The van der Waals surface area contributed by atoms with Crippen LogP contribution >= 0.6 is 23.1 Å². The smallest absolute Gasteiger partial charge is 0.352 e. The minimum Gasteiger partial charge on any atom is -0.477 e. The van der Waals surface area contributed by atoms with Gasteiger partial charge in [0.2, 0.25) is 0 Å². The standard InChI is InChI=1S/C27H27N7O6S2/c28-27-30-17(13-42-27)19(32-40-16-5-1-2-6-16)22(35)31-20-24(37)34-21(26(38)39)15(12-41-25(20)34)11-14-8-10-33(23(14)36)18-7-3-4-9-29-18/h3-4,7,9,11,13,16,20,25H,1-2,5-6,8,10,12H2,(H2,28,30)(H,31,35)(H,38,39)/t20-,25-/m1/s1. The predicted molar refractivity (Wildman–Crippen MR) is 155 cm³/mol. The highest BCUT2D eigenvalue weighted by atomic mass is 32.2. The second-order valence-corrected chi connectivity index (χ2v) is 12.1. The molecule has 1 aliphatic carbocycles. The first-order valence-corrected chi connectivity index (χ1v) is 15.4. The average molecular weight is 610 g/mol. The van der Waals surface area contributed by atoms with E-state index in [4.69, 9.17) is 10.6 Å². The molecule has 2 atom stereocenters. The van der Waals surface area contributed by atoms with Crippen LogP contribution < -0.4 is 16.0 Å². The number of thiazole rings is 1. The van der Waals surface area contributed by atoms with Crippen LogP contribution in [0.15, 0.2) is 57.9 Å². The topological polar surface area (TPSA) is 180 Å². The van der Waals surface area contributed by atoms with Crippen LogP contribution in [-0.4, -0.2) is 79.2 Å². The Morgan fingerprint density at radius 1 is 1.24 bits per heavy atom. The van der Waals surface area contributed by atoms with Gasteiger partial charge in [-0.1, -0.05) is 11.2 Å². The van der Waals surface area contributed by atoms with E-state index in [0.717, 1.165) is 41.9 Å². The fourth-order valence-electron chi connectivity index (χ4n) is 5.38. The molecule has 15 heteroatoms. The van der Waals surface area contributed by atoms with Crippen molar-refractivity contribution < 1.29 is 29.1 Å². The largest absolute Gasteiger partial charge is 0.477 e. The molecule has 1 saturated carbocycles. The summed E-state index contributed by atoms with van der Waals surface area (Å²) in [6.45, 7) is 0.420. The molecule has 3 amide bonds. The minimum atomic E-state index is -1.29. The molecular formula is C27H27N7O6S2. The first kappa shape index (κ1) is 27.9. The molecule has 13 nitrogen and oxygen atoms in total. The average Bonchev–Trinajstić information content (AvgIpc) is 3.74. The number of nitrogens with zero attached hydrogens (tertiary/aromatic N) is 5. The van der Waals surface area contributed by atoms with Gasteiger partial charge in [-0.3, -0.25) is 24.2 Å². The summed E-state index contributed by atoms with van der Waals surface area (Å²) in [5.41, 5.74) is 6.50. The van der Waals surface area contributed by atoms with Crippen molar-refractivity contribution in [1.82, 2.24) is 20.2 Å². The summed E-state index contributed by atoms with van der Waals surface area (Å²) in [5.74, 6) is -2.04. The molecule has 42 heavy (non-hydrogen) atoms. The van der Waals surface area contributed by atoms with Crippen molar-refractivity contribution in [3.63, 3.8) is 0 Å². The number of carboxylic acids is 1. The number of aromatic nitrogens is 2. The number of nitrogens with one attached hydrogen (secondary N) is 1. The van der Waals surface area contributed by atoms with Crippen molar-refractivity contribution in [2.75, 3.05) is 22.9 Å². The molecular weight excluding hydrogens is 582 g/mol. The molecule has 2 aromatic rings. The highest BCUT2D eigenvalue weighted by Gasteiger charge is 2.54. The van der Waals surface area contributed by atoms with Crippen LogP contribution in [-0.2, 0) is 24.0 Å². The zero-order valence-electron chi connectivity index (χ0n) is 22.3. The number of amides is 3. The van der Waals surface area contributed by atoms with Crippen LogP contribution in [0.5, 0.6) is 0 Å². The minimum absolute atomic E-state index is 0.0986. The van der Waals surface area contributed by atoms with Crippen molar-refractivity contribution in [3.8, 4) is 0 Å². The summed E-state index contributed by atoms with van der Waals surface area (Å²) in [6, 6.07) is 4.30. The Hall–Kier alpha value is -4.24. The Bertz CT molecular complexity index is 1530. The van der Waals surface area contributed by atoms with Crippen LogP contribution in [0.25, 0.3) is 0 Å². The van der Waals surface area contributed by atoms with Gasteiger partial charge in [0, 0.05) is 29.4 Å². The lowest BCUT2D eigenvalue weighted by molar-refractivity contribution is -0.150. The van der Waals surface area contributed by atoms with Gasteiger partial charge in [0.1, 0.15) is 34.7 Å². The van der Waals surface area contributed by atoms with E-state index in [2.05, 4.69) is 20.4 Å². The lowest BCUT2D eigenvalue weighted by Gasteiger charge is -2.49. The molecule has 3 fully saturated rings. The number of hydrogen-bond acceptors (Lipinski definition) is 11. The second-order valence-electron chi connectivity index (χ2n) is 10.1. The van der Waals surface area contributed by atoms with Gasteiger partial charge in [-0.15, -0.1) is 23.1 Å². The predicted octanol–water partition coefficient (Wildman–Crippen LogP) is 1.89. The SMILES string of the molecule is Nc1nc(C(=NOC2CCCC2)C(=O)N[C@@H]2C(=O)N3C(C(=O)O)=C(C=C4CCN(c5ccccn5)C4=O)CS[C@H]23)cs1. The van der Waals surface area contributed by atoms with Crippen LogP contribution in [0.2, 0.25) is 0 Å². The van der Waals surface area contributed by atoms with E-state index in [-0.39, 0.29) is 40.0 Å². The molecule has 4 N–H and O–H groups in total. The molecule has 3 aliphatic heterocycles. The Labute approximate surface area is 248 Å². The van der Waals surface area contributed by atoms with Crippen LogP contribution in [0.1, 0.15) is 37.8 Å².